The van der Waals surface area contributed by atoms with Crippen LogP contribution in [-0.2, 0) is 30.2 Å². The predicted molar refractivity (Wildman–Crippen MR) is 135 cm³/mol. The van der Waals surface area contributed by atoms with Crippen LogP contribution in [0.4, 0.5) is 0 Å². The highest BCUT2D eigenvalue weighted by Crippen LogP contribution is 2.30. The average molecular weight is 482 g/mol. The Kier molecular flexibility index (Phi) is 5.95. The quantitative estimate of drug-likeness (QED) is 0.271. The van der Waals surface area contributed by atoms with Gasteiger partial charge in [-0.3, -0.25) is 13.9 Å². The van der Waals surface area contributed by atoms with E-state index < -0.39 is 17.2 Å². The molecule has 0 radical (unpaired) electrons. The van der Waals surface area contributed by atoms with Crippen LogP contribution in [0.5, 0.6) is 0 Å². The van der Waals surface area contributed by atoms with E-state index in [9.17, 15) is 14.4 Å². The molecule has 180 valence electrons. The van der Waals surface area contributed by atoms with Crippen LogP contribution in [0.25, 0.3) is 34.2 Å². The van der Waals surface area contributed by atoms with E-state index in [1.165, 1.54) is 30.8 Å². The van der Waals surface area contributed by atoms with E-state index in [0.717, 1.165) is 21.2 Å². The first kappa shape index (κ1) is 22.9. The van der Waals surface area contributed by atoms with Crippen molar-refractivity contribution in [1.82, 2.24) is 18.9 Å². The second-order valence-corrected chi connectivity index (χ2v) is 8.18. The van der Waals surface area contributed by atoms with Crippen LogP contribution in [0.1, 0.15) is 11.3 Å². The lowest BCUT2D eigenvalue weighted by Gasteiger charge is -2.09. The summed E-state index contributed by atoms with van der Waals surface area (Å²) in [6.07, 6.45) is 4.67. The van der Waals surface area contributed by atoms with Gasteiger partial charge in [0.05, 0.1) is 11.4 Å². The van der Waals surface area contributed by atoms with Crippen molar-refractivity contribution >= 4 is 23.0 Å². The molecule has 9 nitrogen and oxygen atoms in total. The number of furan rings is 1. The summed E-state index contributed by atoms with van der Waals surface area (Å²) >= 11 is 0. The Morgan fingerprint density at radius 2 is 1.75 bits per heavy atom. The largest absolute Gasteiger partial charge is 0.456 e. The molecule has 0 fully saturated rings. The number of hydrogen-bond donors (Lipinski definition) is 0. The van der Waals surface area contributed by atoms with Crippen LogP contribution in [-0.4, -0.2) is 24.9 Å². The lowest BCUT2D eigenvalue weighted by molar-refractivity contribution is -0.139. The normalized spacial score (nSPS) is 11.4. The number of fused-ring (bicyclic) bond motifs is 1. The van der Waals surface area contributed by atoms with E-state index in [2.05, 4.69) is 0 Å². The molecule has 0 atom stereocenters. The fourth-order valence-corrected chi connectivity index (χ4v) is 3.78. The van der Waals surface area contributed by atoms with E-state index in [0.29, 0.717) is 22.7 Å². The van der Waals surface area contributed by atoms with Gasteiger partial charge in [0.25, 0.3) is 5.56 Å². The van der Waals surface area contributed by atoms with Crippen molar-refractivity contribution < 1.29 is 13.9 Å². The van der Waals surface area contributed by atoms with Crippen molar-refractivity contribution in [2.24, 2.45) is 14.1 Å². The molecule has 0 spiro atoms. The lowest BCUT2D eigenvalue weighted by Crippen LogP contribution is -2.38. The Balaban J connectivity index is 1.43. The number of ether oxygens (including phenoxy) is 1. The minimum absolute atomic E-state index is 0.218. The first-order valence-electron chi connectivity index (χ1n) is 11.2. The molecule has 0 amide bonds. The minimum Gasteiger partial charge on any atom is -0.456 e. The number of esters is 1. The number of carbonyl (C=O) groups is 1. The Morgan fingerprint density at radius 3 is 2.53 bits per heavy atom. The van der Waals surface area contributed by atoms with Gasteiger partial charge < -0.3 is 9.15 Å². The molecule has 0 bridgehead atoms. The second-order valence-electron chi connectivity index (χ2n) is 8.18. The molecule has 0 N–H and O–H groups in total. The maximum absolute atomic E-state index is 12.5. The topological polar surface area (TPSA) is 101 Å². The number of nitrogens with zero attached hydrogens (tertiary/aromatic N) is 4. The van der Waals surface area contributed by atoms with Crippen molar-refractivity contribution in [3.63, 3.8) is 0 Å². The number of hydrogen-bond acceptors (Lipinski definition) is 6. The van der Waals surface area contributed by atoms with E-state index in [1.807, 2.05) is 60.7 Å². The third kappa shape index (κ3) is 4.41. The summed E-state index contributed by atoms with van der Waals surface area (Å²) in [7, 11) is 2.90. The zero-order valence-corrected chi connectivity index (χ0v) is 19.6. The van der Waals surface area contributed by atoms with Gasteiger partial charge in [0.15, 0.2) is 5.76 Å². The molecule has 5 rings (SSSR count). The number of carbonyl (C=O) groups excluding carboxylic acids is 1. The first-order valence-corrected chi connectivity index (χ1v) is 11.2. The number of benzene rings is 2. The van der Waals surface area contributed by atoms with Gasteiger partial charge in [-0.25, -0.2) is 14.3 Å². The maximum Gasteiger partial charge on any atom is 0.331 e. The zero-order chi connectivity index (χ0) is 25.2. The highest BCUT2D eigenvalue weighted by molar-refractivity contribution is 5.89. The fourth-order valence-electron chi connectivity index (χ4n) is 3.78. The fraction of sp³-hybridized carbons (Fsp3) is 0.111. The van der Waals surface area contributed by atoms with Crippen LogP contribution < -0.4 is 11.2 Å². The molecule has 0 aliphatic heterocycles. The third-order valence-corrected chi connectivity index (χ3v) is 5.81. The average Bonchev–Trinajstić information content (AvgIpc) is 3.52. The molecule has 3 heterocycles. The van der Waals surface area contributed by atoms with Gasteiger partial charge >= 0.3 is 11.7 Å². The van der Waals surface area contributed by atoms with E-state index in [-0.39, 0.29) is 6.61 Å². The van der Waals surface area contributed by atoms with Crippen LogP contribution in [0.15, 0.2) is 93.0 Å². The summed E-state index contributed by atoms with van der Waals surface area (Å²) in [5, 5.41) is 5.64. The van der Waals surface area contributed by atoms with Crippen molar-refractivity contribution in [3.8, 4) is 17.1 Å². The predicted octanol–water partition coefficient (Wildman–Crippen LogP) is 3.44. The van der Waals surface area contributed by atoms with Gasteiger partial charge in [-0.1, -0.05) is 36.4 Å². The molecule has 2 aromatic carbocycles. The lowest BCUT2D eigenvalue weighted by atomic mass is 10.2. The number of para-hydroxylation sites is 2. The highest BCUT2D eigenvalue weighted by Gasteiger charge is 2.16. The summed E-state index contributed by atoms with van der Waals surface area (Å²) in [5.74, 6) is -0.0693. The summed E-state index contributed by atoms with van der Waals surface area (Å²) in [4.78, 5) is 36.4. The molecule has 0 saturated carbocycles. The SMILES string of the molecule is Cn1c(COC(=O)/C=C\c2cn(-c3ccccc3)nc2-c2cc3ccccc3o2)cc(=O)n(C)c1=O. The molecule has 36 heavy (non-hydrogen) atoms. The highest BCUT2D eigenvalue weighted by atomic mass is 16.5. The smallest absolute Gasteiger partial charge is 0.331 e. The molecule has 5 aromatic rings. The molecule has 0 aliphatic carbocycles. The van der Waals surface area contributed by atoms with Crippen LogP contribution in [0, 0.1) is 0 Å². The van der Waals surface area contributed by atoms with E-state index in [4.69, 9.17) is 14.3 Å². The molecule has 3 aromatic heterocycles. The Labute approximate surface area is 205 Å². The molecule has 9 heteroatoms. The molecular weight excluding hydrogens is 460 g/mol. The first-order chi connectivity index (χ1) is 17.4. The molecular formula is C27H22N4O5. The van der Waals surface area contributed by atoms with E-state index in [1.54, 1.807) is 17.0 Å². The van der Waals surface area contributed by atoms with Gasteiger partial charge in [-0.15, -0.1) is 0 Å². The minimum atomic E-state index is -0.633. The number of aromatic nitrogens is 4. The summed E-state index contributed by atoms with van der Waals surface area (Å²) in [6, 6.07) is 20.4. The van der Waals surface area contributed by atoms with Gasteiger partial charge in [-0.2, -0.15) is 5.10 Å². The van der Waals surface area contributed by atoms with Crippen molar-refractivity contribution in [1.29, 1.82) is 0 Å². The summed E-state index contributed by atoms with van der Waals surface area (Å²) in [5.41, 5.74) is 2.13. The van der Waals surface area contributed by atoms with Crippen molar-refractivity contribution in [2.45, 2.75) is 6.61 Å². The monoisotopic (exact) mass is 482 g/mol. The van der Waals surface area contributed by atoms with Crippen molar-refractivity contribution in [2.75, 3.05) is 0 Å². The summed E-state index contributed by atoms with van der Waals surface area (Å²) < 4.78 is 15.3. The molecule has 0 saturated heterocycles. The summed E-state index contributed by atoms with van der Waals surface area (Å²) in [6.45, 7) is -0.218. The molecule has 0 unspecified atom stereocenters. The van der Waals surface area contributed by atoms with Gasteiger partial charge in [0.2, 0.25) is 0 Å². The van der Waals surface area contributed by atoms with Crippen LogP contribution in [0.2, 0.25) is 0 Å². The van der Waals surface area contributed by atoms with Crippen LogP contribution in [0.3, 0.4) is 0 Å². The zero-order valence-electron chi connectivity index (χ0n) is 19.6. The molecule has 0 aliphatic rings. The van der Waals surface area contributed by atoms with Gasteiger partial charge in [0.1, 0.15) is 17.9 Å². The standard InChI is InChI=1S/C27H22N4O5/c1-29-21(15-24(32)30(2)27(29)34)17-35-25(33)13-12-19-16-31(20-9-4-3-5-10-20)28-26(19)23-14-18-8-6-7-11-22(18)36-23/h3-16H,17H2,1-2H3/b13-12-. The third-order valence-electron chi connectivity index (χ3n) is 5.81. The van der Waals surface area contributed by atoms with Gasteiger partial charge in [0, 0.05) is 43.4 Å². The Morgan fingerprint density at radius 1 is 1.00 bits per heavy atom. The Hall–Kier alpha value is -4.92. The second kappa shape index (κ2) is 9.38. The maximum atomic E-state index is 12.5. The van der Waals surface area contributed by atoms with E-state index >= 15 is 0 Å². The van der Waals surface area contributed by atoms with Crippen LogP contribution >= 0.6 is 0 Å². The Bertz CT molecular complexity index is 1690. The number of rotatable bonds is 6. The van der Waals surface area contributed by atoms with Crippen molar-refractivity contribution in [3.05, 3.63) is 111 Å². The van der Waals surface area contributed by atoms with Gasteiger partial charge in [-0.05, 0) is 30.3 Å².